The molecule has 0 radical (unpaired) electrons. The highest BCUT2D eigenvalue weighted by atomic mass is 79.9. The number of nitrogens with one attached hydrogen (secondary N) is 2. The second-order valence-corrected chi connectivity index (χ2v) is 7.55. The van der Waals surface area contributed by atoms with Crippen molar-refractivity contribution in [2.24, 2.45) is 14.1 Å². The lowest BCUT2D eigenvalue weighted by molar-refractivity contribution is -0.116. The van der Waals surface area contributed by atoms with Crippen LogP contribution in [0.1, 0.15) is 34.0 Å². The Balaban J connectivity index is 1.68. The van der Waals surface area contributed by atoms with E-state index in [9.17, 15) is 9.59 Å². The lowest BCUT2D eigenvalue weighted by Crippen LogP contribution is -2.21. The maximum absolute atomic E-state index is 12.7. The van der Waals surface area contributed by atoms with E-state index in [0.29, 0.717) is 17.9 Å². The Hall–Kier alpha value is -2.95. The number of anilines is 2. The van der Waals surface area contributed by atoms with Crippen LogP contribution >= 0.6 is 15.9 Å². The Kier molecular flexibility index (Phi) is 5.87. The molecule has 154 valence electrons. The fourth-order valence-corrected chi connectivity index (χ4v) is 3.20. The van der Waals surface area contributed by atoms with Crippen molar-refractivity contribution in [3.05, 3.63) is 39.6 Å². The highest BCUT2D eigenvalue weighted by molar-refractivity contribution is 9.10. The van der Waals surface area contributed by atoms with Crippen molar-refractivity contribution in [1.29, 1.82) is 0 Å². The van der Waals surface area contributed by atoms with Crippen molar-refractivity contribution in [1.82, 2.24) is 29.3 Å². The van der Waals surface area contributed by atoms with Crippen LogP contribution in [0.25, 0.3) is 0 Å². The van der Waals surface area contributed by atoms with Crippen LogP contribution < -0.4 is 10.6 Å². The van der Waals surface area contributed by atoms with Gasteiger partial charge in [0.05, 0.1) is 46.2 Å². The highest BCUT2D eigenvalue weighted by Gasteiger charge is 2.20. The van der Waals surface area contributed by atoms with Gasteiger partial charge in [0.2, 0.25) is 5.91 Å². The molecule has 0 saturated carbocycles. The molecule has 2 N–H and O–H groups in total. The van der Waals surface area contributed by atoms with Gasteiger partial charge in [0.1, 0.15) is 5.69 Å². The van der Waals surface area contributed by atoms with Gasteiger partial charge in [0, 0.05) is 26.2 Å². The van der Waals surface area contributed by atoms with E-state index in [2.05, 4.69) is 41.9 Å². The van der Waals surface area contributed by atoms with Gasteiger partial charge in [-0.2, -0.15) is 15.3 Å². The quantitative estimate of drug-likeness (QED) is 0.583. The van der Waals surface area contributed by atoms with Gasteiger partial charge in [-0.25, -0.2) is 0 Å². The molecule has 3 heterocycles. The zero-order chi connectivity index (χ0) is 21.3. The Labute approximate surface area is 176 Å². The summed E-state index contributed by atoms with van der Waals surface area (Å²) in [4.78, 5) is 25.2. The second kappa shape index (κ2) is 8.19. The Morgan fingerprint density at radius 2 is 1.66 bits per heavy atom. The number of carbonyl (C=O) groups is 2. The molecule has 0 atom stereocenters. The first-order chi connectivity index (χ1) is 13.7. The summed E-state index contributed by atoms with van der Waals surface area (Å²) in [6.07, 6.45) is 3.25. The van der Waals surface area contributed by atoms with Crippen molar-refractivity contribution in [2.75, 3.05) is 10.6 Å². The van der Waals surface area contributed by atoms with Crippen LogP contribution in [-0.4, -0.2) is 41.2 Å². The first-order valence-corrected chi connectivity index (χ1v) is 9.79. The number of carbonyl (C=O) groups excluding carboxylic acids is 2. The van der Waals surface area contributed by atoms with Gasteiger partial charge in [0.15, 0.2) is 0 Å². The van der Waals surface area contributed by atoms with Crippen LogP contribution in [0, 0.1) is 20.8 Å². The van der Waals surface area contributed by atoms with E-state index in [1.54, 1.807) is 29.7 Å². The van der Waals surface area contributed by atoms with E-state index >= 15 is 0 Å². The summed E-state index contributed by atoms with van der Waals surface area (Å²) < 4.78 is 5.81. The van der Waals surface area contributed by atoms with E-state index < -0.39 is 0 Å². The number of halogens is 1. The van der Waals surface area contributed by atoms with E-state index in [1.165, 1.54) is 10.9 Å². The maximum Gasteiger partial charge on any atom is 0.276 e. The molecule has 0 aromatic carbocycles. The Morgan fingerprint density at radius 1 is 1.00 bits per heavy atom. The van der Waals surface area contributed by atoms with Gasteiger partial charge < -0.3 is 10.6 Å². The molecule has 3 aromatic rings. The topological polar surface area (TPSA) is 112 Å². The molecular weight excluding hydrogens is 440 g/mol. The van der Waals surface area contributed by atoms with E-state index in [-0.39, 0.29) is 23.9 Å². The van der Waals surface area contributed by atoms with E-state index in [1.807, 2.05) is 20.8 Å². The van der Waals surface area contributed by atoms with Gasteiger partial charge >= 0.3 is 0 Å². The molecule has 3 aromatic heterocycles. The molecule has 0 bridgehead atoms. The molecule has 0 aliphatic heterocycles. The van der Waals surface area contributed by atoms with Crippen LogP contribution in [-0.2, 0) is 25.4 Å². The van der Waals surface area contributed by atoms with E-state index in [0.717, 1.165) is 21.6 Å². The summed E-state index contributed by atoms with van der Waals surface area (Å²) in [5.41, 5.74) is 3.87. The number of rotatable bonds is 6. The fourth-order valence-electron chi connectivity index (χ4n) is 2.91. The first kappa shape index (κ1) is 20.8. The summed E-state index contributed by atoms with van der Waals surface area (Å²) in [6, 6.07) is 0. The molecular formula is C18H23BrN8O2. The third-order valence-electron chi connectivity index (χ3n) is 4.76. The van der Waals surface area contributed by atoms with Crippen molar-refractivity contribution >= 4 is 39.1 Å². The van der Waals surface area contributed by atoms with Crippen LogP contribution in [0.3, 0.4) is 0 Å². The number of hydrogen-bond donors (Lipinski definition) is 2. The summed E-state index contributed by atoms with van der Waals surface area (Å²) in [5.74, 6) is -0.604. The molecule has 10 nitrogen and oxygen atoms in total. The summed E-state index contributed by atoms with van der Waals surface area (Å²) in [6.45, 7) is 6.12. The standard InChI is InChI=1S/C18H23BrN8O2/c1-10-16(19)12(3)27(24-10)7-6-15(28)22-14-9-21-26(5)17(14)18(29)23-13-8-20-25(4)11(13)2/h8-9H,6-7H2,1-5H3,(H,22,28)(H,23,29). The molecule has 0 aliphatic rings. The van der Waals surface area contributed by atoms with Gasteiger partial charge in [-0.1, -0.05) is 0 Å². The minimum Gasteiger partial charge on any atom is -0.323 e. The average molecular weight is 463 g/mol. The predicted molar refractivity (Wildman–Crippen MR) is 112 cm³/mol. The van der Waals surface area contributed by atoms with Crippen molar-refractivity contribution < 1.29 is 9.59 Å². The number of hydrogen-bond acceptors (Lipinski definition) is 5. The number of amides is 2. The third-order valence-corrected chi connectivity index (χ3v) is 5.90. The van der Waals surface area contributed by atoms with Crippen molar-refractivity contribution in [3.63, 3.8) is 0 Å². The normalized spacial score (nSPS) is 11.0. The molecule has 0 aliphatic carbocycles. The molecule has 2 amide bonds. The SMILES string of the molecule is Cc1nn(CCC(=O)Nc2cnn(C)c2C(=O)Nc2cnn(C)c2C)c(C)c1Br. The molecule has 11 heteroatoms. The minimum atomic E-state index is -0.376. The van der Waals surface area contributed by atoms with Crippen molar-refractivity contribution in [2.45, 2.75) is 33.7 Å². The molecule has 0 fully saturated rings. The summed E-state index contributed by atoms with van der Waals surface area (Å²) in [5, 5.41) is 18.2. The van der Waals surface area contributed by atoms with Gasteiger partial charge in [-0.05, 0) is 36.7 Å². The predicted octanol–water partition coefficient (Wildman–Crippen LogP) is 2.32. The lowest BCUT2D eigenvalue weighted by Gasteiger charge is -2.09. The Morgan fingerprint density at radius 3 is 2.24 bits per heavy atom. The van der Waals surface area contributed by atoms with Gasteiger partial charge in [-0.15, -0.1) is 0 Å². The van der Waals surface area contributed by atoms with Crippen LogP contribution in [0.4, 0.5) is 11.4 Å². The smallest absolute Gasteiger partial charge is 0.276 e. The summed E-state index contributed by atoms with van der Waals surface area (Å²) in [7, 11) is 3.44. The minimum absolute atomic E-state index is 0.214. The van der Waals surface area contributed by atoms with Crippen LogP contribution in [0.15, 0.2) is 16.9 Å². The maximum atomic E-state index is 12.7. The lowest BCUT2D eigenvalue weighted by atomic mass is 10.3. The molecule has 3 rings (SSSR count). The summed E-state index contributed by atoms with van der Waals surface area (Å²) >= 11 is 3.48. The number of nitrogens with zero attached hydrogens (tertiary/aromatic N) is 6. The second-order valence-electron chi connectivity index (χ2n) is 6.76. The third kappa shape index (κ3) is 4.24. The number of aromatic nitrogens is 6. The highest BCUT2D eigenvalue weighted by Crippen LogP contribution is 2.21. The van der Waals surface area contributed by atoms with Gasteiger partial charge in [-0.3, -0.25) is 23.6 Å². The average Bonchev–Trinajstić information content (AvgIpc) is 3.27. The molecule has 0 unspecified atom stereocenters. The van der Waals surface area contributed by atoms with Crippen LogP contribution in [0.2, 0.25) is 0 Å². The van der Waals surface area contributed by atoms with Gasteiger partial charge in [0.25, 0.3) is 5.91 Å². The zero-order valence-electron chi connectivity index (χ0n) is 16.9. The van der Waals surface area contributed by atoms with E-state index in [4.69, 9.17) is 0 Å². The first-order valence-electron chi connectivity index (χ1n) is 9.00. The Bertz CT molecular complexity index is 1080. The fraction of sp³-hybridized carbons (Fsp3) is 0.389. The molecule has 0 spiro atoms. The zero-order valence-corrected chi connectivity index (χ0v) is 18.5. The largest absolute Gasteiger partial charge is 0.323 e. The number of aryl methyl sites for hydroxylation is 4. The van der Waals surface area contributed by atoms with Crippen LogP contribution in [0.5, 0.6) is 0 Å². The molecule has 29 heavy (non-hydrogen) atoms. The molecule has 0 saturated heterocycles. The monoisotopic (exact) mass is 462 g/mol. The van der Waals surface area contributed by atoms with Crippen molar-refractivity contribution in [3.8, 4) is 0 Å².